The predicted octanol–water partition coefficient (Wildman–Crippen LogP) is 7.03. The summed E-state index contributed by atoms with van der Waals surface area (Å²) >= 11 is 6.95. The predicted molar refractivity (Wildman–Crippen MR) is 132 cm³/mol. The van der Waals surface area contributed by atoms with E-state index < -0.39 is 5.91 Å². The molecule has 1 fully saturated rings. The van der Waals surface area contributed by atoms with Crippen LogP contribution in [0.3, 0.4) is 0 Å². The molecule has 0 spiro atoms. The van der Waals surface area contributed by atoms with Crippen LogP contribution in [0.1, 0.15) is 16.8 Å². The molecule has 1 aliphatic heterocycles. The molecule has 4 nitrogen and oxygen atoms in total. The van der Waals surface area contributed by atoms with Crippen molar-refractivity contribution >= 4 is 57.2 Å². The minimum absolute atomic E-state index is 0.265. The smallest absolute Gasteiger partial charge is 0.298 e. The standard InChI is InChI=1S/C26H18ClFN2O2S/c1-16-21(14-24-25(31)30(26(32)33-24)19-9-6-8-18(27)13-19)20-10-3-5-12-23(20)29(16)15-17-7-2-4-11-22(17)28/h2-14H,15H2,1H3/b24-14+. The van der Waals surface area contributed by atoms with Gasteiger partial charge in [-0.25, -0.2) is 9.29 Å². The van der Waals surface area contributed by atoms with E-state index in [0.717, 1.165) is 38.8 Å². The van der Waals surface area contributed by atoms with Crippen molar-refractivity contribution in [3.63, 3.8) is 0 Å². The number of fused-ring (bicyclic) bond motifs is 1. The first-order valence-corrected chi connectivity index (χ1v) is 11.5. The molecule has 5 rings (SSSR count). The molecule has 4 aromatic rings. The maximum Gasteiger partial charge on any atom is 0.298 e. The number of rotatable bonds is 4. The number of benzene rings is 3. The Balaban J connectivity index is 1.58. The van der Waals surface area contributed by atoms with E-state index in [9.17, 15) is 14.0 Å². The number of thioether (sulfide) groups is 1. The number of para-hydroxylation sites is 1. The number of hydrogen-bond donors (Lipinski definition) is 0. The zero-order chi connectivity index (χ0) is 23.1. The Hall–Kier alpha value is -3.35. The van der Waals surface area contributed by atoms with Crippen LogP contribution in [-0.4, -0.2) is 15.7 Å². The van der Waals surface area contributed by atoms with Gasteiger partial charge in [0.2, 0.25) is 0 Å². The number of nitrogens with zero attached hydrogens (tertiary/aromatic N) is 2. The van der Waals surface area contributed by atoms with Crippen LogP contribution in [0.2, 0.25) is 5.02 Å². The van der Waals surface area contributed by atoms with E-state index in [1.54, 1.807) is 42.5 Å². The molecule has 2 amide bonds. The Bertz CT molecular complexity index is 1460. The van der Waals surface area contributed by atoms with Gasteiger partial charge in [-0.3, -0.25) is 9.59 Å². The topological polar surface area (TPSA) is 42.3 Å². The Morgan fingerprint density at radius 1 is 1.00 bits per heavy atom. The molecule has 164 valence electrons. The highest BCUT2D eigenvalue weighted by Gasteiger charge is 2.36. The summed E-state index contributed by atoms with van der Waals surface area (Å²) in [4.78, 5) is 27.3. The van der Waals surface area contributed by atoms with Crippen molar-refractivity contribution in [2.24, 2.45) is 0 Å². The lowest BCUT2D eigenvalue weighted by Crippen LogP contribution is -2.27. The zero-order valence-electron chi connectivity index (χ0n) is 17.6. The highest BCUT2D eigenvalue weighted by atomic mass is 35.5. The van der Waals surface area contributed by atoms with Crippen molar-refractivity contribution in [2.45, 2.75) is 13.5 Å². The Labute approximate surface area is 199 Å². The number of hydrogen-bond acceptors (Lipinski definition) is 3. The Morgan fingerprint density at radius 2 is 1.76 bits per heavy atom. The quantitative estimate of drug-likeness (QED) is 0.297. The molecule has 2 heterocycles. The van der Waals surface area contributed by atoms with Crippen LogP contribution in [0.4, 0.5) is 14.9 Å². The summed E-state index contributed by atoms with van der Waals surface area (Å²) in [6.07, 6.45) is 1.75. The number of amides is 2. The van der Waals surface area contributed by atoms with E-state index in [0.29, 0.717) is 27.7 Å². The van der Waals surface area contributed by atoms with Crippen molar-refractivity contribution in [2.75, 3.05) is 4.90 Å². The summed E-state index contributed by atoms with van der Waals surface area (Å²) in [7, 11) is 0. The third-order valence-electron chi connectivity index (χ3n) is 5.70. The average molecular weight is 477 g/mol. The van der Waals surface area contributed by atoms with E-state index in [4.69, 9.17) is 11.6 Å². The van der Waals surface area contributed by atoms with Crippen LogP contribution in [-0.2, 0) is 11.3 Å². The minimum atomic E-state index is -0.391. The van der Waals surface area contributed by atoms with Crippen molar-refractivity contribution < 1.29 is 14.0 Å². The summed E-state index contributed by atoms with van der Waals surface area (Å²) < 4.78 is 16.4. The normalized spacial score (nSPS) is 15.2. The number of carbonyl (C=O) groups is 2. The third kappa shape index (κ3) is 3.86. The molecular weight excluding hydrogens is 459 g/mol. The van der Waals surface area contributed by atoms with Gasteiger partial charge >= 0.3 is 0 Å². The number of halogens is 2. The summed E-state index contributed by atoms with van der Waals surface area (Å²) in [5.74, 6) is -0.656. The average Bonchev–Trinajstić information content (AvgIpc) is 3.23. The van der Waals surface area contributed by atoms with Crippen LogP contribution in [0.25, 0.3) is 17.0 Å². The highest BCUT2D eigenvalue weighted by Crippen LogP contribution is 2.38. The molecule has 1 aromatic heterocycles. The van der Waals surface area contributed by atoms with Crippen LogP contribution in [0, 0.1) is 12.7 Å². The van der Waals surface area contributed by atoms with E-state index in [1.807, 2.05) is 41.8 Å². The molecule has 0 aliphatic carbocycles. The van der Waals surface area contributed by atoms with Crippen molar-refractivity contribution in [3.8, 4) is 0 Å². The minimum Gasteiger partial charge on any atom is -0.340 e. The van der Waals surface area contributed by atoms with Gasteiger partial charge in [-0.15, -0.1) is 0 Å². The van der Waals surface area contributed by atoms with E-state index in [1.165, 1.54) is 6.07 Å². The highest BCUT2D eigenvalue weighted by molar-refractivity contribution is 8.19. The Morgan fingerprint density at radius 3 is 2.55 bits per heavy atom. The van der Waals surface area contributed by atoms with Gasteiger partial charge in [0.1, 0.15) is 5.82 Å². The van der Waals surface area contributed by atoms with Crippen molar-refractivity contribution in [3.05, 3.63) is 105 Å². The molecule has 0 radical (unpaired) electrons. The van der Waals surface area contributed by atoms with Gasteiger partial charge in [0.25, 0.3) is 11.1 Å². The second-order valence-corrected chi connectivity index (χ2v) is 9.12. The molecule has 0 saturated carbocycles. The van der Waals surface area contributed by atoms with Gasteiger partial charge in [-0.05, 0) is 55.1 Å². The van der Waals surface area contributed by atoms with Crippen LogP contribution in [0.5, 0.6) is 0 Å². The fourth-order valence-electron chi connectivity index (χ4n) is 4.08. The molecule has 1 aliphatic rings. The first kappa shape index (κ1) is 21.5. The fraction of sp³-hybridized carbons (Fsp3) is 0.0769. The SMILES string of the molecule is Cc1c(/C=C2/SC(=O)N(c3cccc(Cl)c3)C2=O)c2ccccc2n1Cc1ccccc1F. The number of imide groups is 1. The largest absolute Gasteiger partial charge is 0.340 e. The maximum absolute atomic E-state index is 14.3. The first-order valence-electron chi connectivity index (χ1n) is 10.3. The van der Waals surface area contributed by atoms with E-state index in [2.05, 4.69) is 0 Å². The molecule has 3 aromatic carbocycles. The van der Waals surface area contributed by atoms with Gasteiger partial charge in [0.05, 0.1) is 17.1 Å². The molecular formula is C26H18ClFN2O2S. The van der Waals surface area contributed by atoms with Crippen molar-refractivity contribution in [1.29, 1.82) is 0 Å². The summed E-state index contributed by atoms with van der Waals surface area (Å²) in [6, 6.07) is 21.1. The third-order valence-corrected chi connectivity index (χ3v) is 6.81. The summed E-state index contributed by atoms with van der Waals surface area (Å²) in [5.41, 5.74) is 3.66. The van der Waals surface area contributed by atoms with Crippen LogP contribution in [0.15, 0.2) is 77.7 Å². The lowest BCUT2D eigenvalue weighted by molar-refractivity contribution is -0.113. The molecule has 0 N–H and O–H groups in total. The van der Waals surface area contributed by atoms with Gasteiger partial charge in [0.15, 0.2) is 0 Å². The molecule has 0 atom stereocenters. The van der Waals surface area contributed by atoms with Gasteiger partial charge < -0.3 is 4.57 Å². The summed E-state index contributed by atoms with van der Waals surface area (Å²) in [6.45, 7) is 2.30. The molecule has 1 saturated heterocycles. The zero-order valence-corrected chi connectivity index (χ0v) is 19.2. The van der Waals surface area contributed by atoms with Gasteiger partial charge in [-0.1, -0.05) is 54.1 Å². The Kier molecular flexibility index (Phi) is 5.56. The lowest BCUT2D eigenvalue weighted by Gasteiger charge is -2.12. The van der Waals surface area contributed by atoms with Crippen LogP contribution >= 0.6 is 23.4 Å². The van der Waals surface area contributed by atoms with Gasteiger partial charge in [-0.2, -0.15) is 0 Å². The van der Waals surface area contributed by atoms with Gasteiger partial charge in [0, 0.05) is 32.7 Å². The van der Waals surface area contributed by atoms with E-state index in [-0.39, 0.29) is 11.1 Å². The number of anilines is 1. The molecule has 0 bridgehead atoms. The summed E-state index contributed by atoms with van der Waals surface area (Å²) in [5, 5.41) is 1.00. The molecule has 7 heteroatoms. The van der Waals surface area contributed by atoms with Crippen molar-refractivity contribution in [1.82, 2.24) is 4.57 Å². The maximum atomic E-state index is 14.3. The van der Waals surface area contributed by atoms with Crippen LogP contribution < -0.4 is 4.90 Å². The second kappa shape index (κ2) is 8.54. The number of aromatic nitrogens is 1. The lowest BCUT2D eigenvalue weighted by atomic mass is 10.1. The fourth-order valence-corrected chi connectivity index (χ4v) is 5.08. The van der Waals surface area contributed by atoms with E-state index >= 15 is 0 Å². The molecule has 0 unspecified atom stereocenters. The monoisotopic (exact) mass is 476 g/mol. The molecule has 33 heavy (non-hydrogen) atoms. The first-order chi connectivity index (χ1) is 15.9. The number of carbonyl (C=O) groups excluding carboxylic acids is 2. The second-order valence-electron chi connectivity index (χ2n) is 7.69.